The molecule has 0 aliphatic carbocycles. The van der Waals surface area contributed by atoms with Crippen LogP contribution in [0.15, 0.2) is 0 Å². The molecule has 96 valence electrons. The summed E-state index contributed by atoms with van der Waals surface area (Å²) in [5.74, 6) is -0.360. The summed E-state index contributed by atoms with van der Waals surface area (Å²) < 4.78 is 0. The molecule has 17 heavy (non-hydrogen) atoms. The van der Waals surface area contributed by atoms with Crippen LogP contribution in [0.25, 0.3) is 0 Å². The van der Waals surface area contributed by atoms with Crippen molar-refractivity contribution >= 4 is 29.5 Å². The van der Waals surface area contributed by atoms with Gasteiger partial charge in [-0.15, -0.1) is 11.8 Å². The number of carboxylic acid groups (broad SMARTS) is 1. The normalized spacial score (nSPS) is 20.1. The lowest BCUT2D eigenvalue weighted by molar-refractivity contribution is -0.141. The summed E-state index contributed by atoms with van der Waals surface area (Å²) in [6.07, 6.45) is 1.56. The number of carbonyl (C=O) groups is 3. The van der Waals surface area contributed by atoms with Crippen molar-refractivity contribution in [2.75, 3.05) is 12.3 Å². The predicted molar refractivity (Wildman–Crippen MR) is 64.7 cm³/mol. The maximum atomic E-state index is 11.8. The smallest absolute Gasteiger partial charge is 0.303 e. The second-order valence-corrected chi connectivity index (χ2v) is 5.26. The molecule has 1 N–H and O–H groups in total. The van der Waals surface area contributed by atoms with Crippen LogP contribution in [0.4, 0.5) is 0 Å². The van der Waals surface area contributed by atoms with Crippen molar-refractivity contribution in [1.29, 1.82) is 0 Å². The largest absolute Gasteiger partial charge is 0.481 e. The highest BCUT2D eigenvalue weighted by Gasteiger charge is 2.38. The zero-order valence-corrected chi connectivity index (χ0v) is 10.7. The first-order valence-electron chi connectivity index (χ1n) is 5.73. The fourth-order valence-corrected chi connectivity index (χ4v) is 2.72. The van der Waals surface area contributed by atoms with Gasteiger partial charge in [0.2, 0.25) is 11.8 Å². The second-order valence-electron chi connectivity index (χ2n) is 3.94. The van der Waals surface area contributed by atoms with Crippen LogP contribution in [0.3, 0.4) is 0 Å². The number of thioether (sulfide) groups is 1. The average Bonchev–Trinajstić information content (AvgIpc) is 2.53. The first-order chi connectivity index (χ1) is 8.06. The van der Waals surface area contributed by atoms with E-state index in [-0.39, 0.29) is 36.5 Å². The van der Waals surface area contributed by atoms with E-state index < -0.39 is 5.97 Å². The van der Waals surface area contributed by atoms with E-state index in [1.807, 2.05) is 6.92 Å². The van der Waals surface area contributed by atoms with Crippen LogP contribution in [0.5, 0.6) is 0 Å². The summed E-state index contributed by atoms with van der Waals surface area (Å²) in [5, 5.41) is 8.24. The van der Waals surface area contributed by atoms with Crippen LogP contribution >= 0.6 is 11.8 Å². The van der Waals surface area contributed by atoms with E-state index >= 15 is 0 Å². The van der Waals surface area contributed by atoms with Crippen molar-refractivity contribution in [3.63, 3.8) is 0 Å². The molecule has 1 aliphatic heterocycles. The fraction of sp³-hybridized carbons (Fsp3) is 0.727. The lowest BCUT2D eigenvalue weighted by Crippen LogP contribution is -2.32. The van der Waals surface area contributed by atoms with Crippen molar-refractivity contribution in [2.45, 2.75) is 37.9 Å². The molecule has 0 radical (unpaired) electrons. The number of rotatable bonds is 7. The van der Waals surface area contributed by atoms with Gasteiger partial charge in [-0.2, -0.15) is 0 Å². The average molecular weight is 259 g/mol. The third-order valence-electron chi connectivity index (χ3n) is 2.50. The van der Waals surface area contributed by atoms with Crippen molar-refractivity contribution in [1.82, 2.24) is 4.90 Å². The van der Waals surface area contributed by atoms with Gasteiger partial charge in [-0.25, -0.2) is 0 Å². The molecule has 2 amide bonds. The Morgan fingerprint density at radius 1 is 1.53 bits per heavy atom. The molecule has 0 aromatic carbocycles. The number of amides is 2. The Bertz CT molecular complexity index is 319. The molecule has 0 spiro atoms. The summed E-state index contributed by atoms with van der Waals surface area (Å²) in [6, 6.07) is 0. The maximum Gasteiger partial charge on any atom is 0.303 e. The molecule has 1 atom stereocenters. The van der Waals surface area contributed by atoms with E-state index in [0.29, 0.717) is 6.42 Å². The lowest BCUT2D eigenvalue weighted by Gasteiger charge is -2.13. The number of likely N-dealkylation sites (tertiary alicyclic amines) is 1. The van der Waals surface area contributed by atoms with Gasteiger partial charge in [-0.3, -0.25) is 19.3 Å². The van der Waals surface area contributed by atoms with Gasteiger partial charge in [0.15, 0.2) is 0 Å². The lowest BCUT2D eigenvalue weighted by atomic mass is 10.3. The molecule has 6 heteroatoms. The SMILES string of the molecule is CCCSC1CC(=O)N(CCCC(=O)O)C1=O. The molecule has 1 rings (SSSR count). The predicted octanol–water partition coefficient (Wildman–Crippen LogP) is 1.12. The van der Waals surface area contributed by atoms with E-state index in [2.05, 4.69) is 0 Å². The van der Waals surface area contributed by atoms with Crippen LogP contribution in [0.2, 0.25) is 0 Å². The number of imide groups is 1. The highest BCUT2D eigenvalue weighted by molar-refractivity contribution is 8.00. The summed E-state index contributed by atoms with van der Waals surface area (Å²) in [7, 11) is 0. The van der Waals surface area contributed by atoms with E-state index in [1.54, 1.807) is 0 Å². The third-order valence-corrected chi connectivity index (χ3v) is 3.91. The molecule has 1 heterocycles. The van der Waals surface area contributed by atoms with Gasteiger partial charge < -0.3 is 5.11 Å². The summed E-state index contributed by atoms with van der Waals surface area (Å²) in [6.45, 7) is 2.26. The van der Waals surface area contributed by atoms with Crippen molar-refractivity contribution < 1.29 is 19.5 Å². The molecule has 1 saturated heterocycles. The van der Waals surface area contributed by atoms with Crippen molar-refractivity contribution in [3.8, 4) is 0 Å². The third kappa shape index (κ3) is 4.03. The standard InChI is InChI=1S/C11H17NO4S/c1-2-6-17-8-7-9(13)12(11(8)16)5-3-4-10(14)15/h8H,2-7H2,1H3,(H,14,15). The zero-order chi connectivity index (χ0) is 12.8. The van der Waals surface area contributed by atoms with Gasteiger partial charge in [0.05, 0.1) is 5.25 Å². The van der Waals surface area contributed by atoms with E-state index in [9.17, 15) is 14.4 Å². The molecule has 1 unspecified atom stereocenters. The Morgan fingerprint density at radius 3 is 2.82 bits per heavy atom. The Labute approximate surface area is 105 Å². The monoisotopic (exact) mass is 259 g/mol. The summed E-state index contributed by atoms with van der Waals surface area (Å²) in [5.41, 5.74) is 0. The maximum absolute atomic E-state index is 11.8. The van der Waals surface area contributed by atoms with E-state index in [4.69, 9.17) is 5.11 Å². The topological polar surface area (TPSA) is 74.7 Å². The first kappa shape index (κ1) is 14.0. The van der Waals surface area contributed by atoms with Gasteiger partial charge in [0, 0.05) is 19.4 Å². The van der Waals surface area contributed by atoms with Gasteiger partial charge in [0.1, 0.15) is 0 Å². The molecular formula is C11H17NO4S. The van der Waals surface area contributed by atoms with Crippen LogP contribution < -0.4 is 0 Å². The van der Waals surface area contributed by atoms with Crippen LogP contribution in [-0.2, 0) is 14.4 Å². The number of aliphatic carboxylic acids is 1. The summed E-state index contributed by atoms with van der Waals surface area (Å²) in [4.78, 5) is 35.0. The number of hydrogen-bond donors (Lipinski definition) is 1. The summed E-state index contributed by atoms with van der Waals surface area (Å²) >= 11 is 1.51. The Balaban J connectivity index is 2.42. The molecule has 0 bridgehead atoms. The Kier molecular flexibility index (Phi) is 5.47. The highest BCUT2D eigenvalue weighted by Crippen LogP contribution is 2.25. The highest BCUT2D eigenvalue weighted by atomic mass is 32.2. The molecule has 0 saturated carbocycles. The van der Waals surface area contributed by atoms with Gasteiger partial charge >= 0.3 is 5.97 Å². The van der Waals surface area contributed by atoms with Crippen LogP contribution in [0.1, 0.15) is 32.6 Å². The van der Waals surface area contributed by atoms with Crippen molar-refractivity contribution in [2.24, 2.45) is 0 Å². The van der Waals surface area contributed by atoms with Crippen LogP contribution in [-0.4, -0.2) is 45.3 Å². The van der Waals surface area contributed by atoms with E-state index in [0.717, 1.165) is 12.2 Å². The van der Waals surface area contributed by atoms with Gasteiger partial charge in [-0.05, 0) is 18.6 Å². The number of nitrogens with zero attached hydrogens (tertiary/aromatic N) is 1. The Hall–Kier alpha value is -1.04. The molecular weight excluding hydrogens is 242 g/mol. The number of carboxylic acids is 1. The first-order valence-corrected chi connectivity index (χ1v) is 6.78. The van der Waals surface area contributed by atoms with Gasteiger partial charge in [-0.1, -0.05) is 6.92 Å². The van der Waals surface area contributed by atoms with Crippen molar-refractivity contribution in [3.05, 3.63) is 0 Å². The molecule has 0 aromatic rings. The van der Waals surface area contributed by atoms with E-state index in [1.165, 1.54) is 16.7 Å². The molecule has 1 fully saturated rings. The second kappa shape index (κ2) is 6.64. The van der Waals surface area contributed by atoms with Crippen LogP contribution in [0, 0.1) is 0 Å². The molecule has 1 aliphatic rings. The zero-order valence-electron chi connectivity index (χ0n) is 9.85. The molecule has 5 nitrogen and oxygen atoms in total. The fourth-order valence-electron chi connectivity index (χ4n) is 1.67. The number of hydrogen-bond acceptors (Lipinski definition) is 4. The number of carbonyl (C=O) groups excluding carboxylic acids is 2. The molecule has 0 aromatic heterocycles. The minimum atomic E-state index is -0.902. The van der Waals surface area contributed by atoms with Gasteiger partial charge in [0.25, 0.3) is 0 Å². The Morgan fingerprint density at radius 2 is 2.24 bits per heavy atom. The minimum Gasteiger partial charge on any atom is -0.481 e. The quantitative estimate of drug-likeness (QED) is 0.693. The minimum absolute atomic E-state index is 0.0101.